The van der Waals surface area contributed by atoms with E-state index in [1.165, 1.54) is 34.9 Å². The number of rotatable bonds is 2. The van der Waals surface area contributed by atoms with Crippen LogP contribution in [-0.4, -0.2) is 24.0 Å². The van der Waals surface area contributed by atoms with Gasteiger partial charge in [0.05, 0.1) is 0 Å². The first-order chi connectivity index (χ1) is 10.5. The van der Waals surface area contributed by atoms with Crippen LogP contribution in [0.1, 0.15) is 16.7 Å². The average Bonchev–Trinajstić information content (AvgIpc) is 2.86. The fraction of sp³-hybridized carbons (Fsp3) is 0.278. The van der Waals surface area contributed by atoms with E-state index in [2.05, 4.69) is 37.5 Å². The van der Waals surface area contributed by atoms with Gasteiger partial charge in [0.15, 0.2) is 17.3 Å². The van der Waals surface area contributed by atoms with Gasteiger partial charge >= 0.3 is 0 Å². The summed E-state index contributed by atoms with van der Waals surface area (Å²) in [5.74, 6) is -1.06. The third kappa shape index (κ3) is 2.49. The van der Waals surface area contributed by atoms with E-state index in [4.69, 9.17) is 0 Å². The number of hydrogen-bond donors (Lipinski definition) is 0. The normalized spacial score (nSPS) is 14.4. The van der Waals surface area contributed by atoms with Gasteiger partial charge < -0.3 is 0 Å². The van der Waals surface area contributed by atoms with Crippen molar-refractivity contribution < 1.29 is 13.4 Å². The van der Waals surface area contributed by atoms with E-state index < -0.39 is 11.6 Å². The Kier molecular flexibility index (Phi) is 3.69. The van der Waals surface area contributed by atoms with Crippen LogP contribution < -0.4 is 4.90 Å². The predicted octanol–water partition coefficient (Wildman–Crippen LogP) is 4.08. The number of nitrogens with zero attached hydrogens (tertiary/aromatic N) is 2. The third-order valence-electron chi connectivity index (χ3n) is 4.01. The Morgan fingerprint density at radius 1 is 1.00 bits per heavy atom. The van der Waals surface area contributed by atoms with Crippen molar-refractivity contribution in [2.75, 3.05) is 18.0 Å². The summed E-state index contributed by atoms with van der Waals surface area (Å²) in [7, 11) is 0. The maximum absolute atomic E-state index is 13.9. The highest BCUT2D eigenvalue weighted by molar-refractivity contribution is 5.79. The van der Waals surface area contributed by atoms with Crippen LogP contribution in [0.2, 0.25) is 0 Å². The Morgan fingerprint density at radius 3 is 2.18 bits per heavy atom. The van der Waals surface area contributed by atoms with Gasteiger partial charge in [0.1, 0.15) is 18.8 Å². The molecule has 0 N–H and O–H groups in total. The van der Waals surface area contributed by atoms with Crippen molar-refractivity contribution in [3.8, 4) is 0 Å². The highest BCUT2D eigenvalue weighted by Gasteiger charge is 2.29. The molecule has 22 heavy (non-hydrogen) atoms. The quantitative estimate of drug-likeness (QED) is 0.758. The molecule has 0 radical (unpaired) electrons. The minimum absolute atomic E-state index is 0.0208. The summed E-state index contributed by atoms with van der Waals surface area (Å²) < 4.78 is 29.9. The average molecular weight is 301 g/mol. The number of hydrogen-bond acceptors (Lipinski definition) is 1. The van der Waals surface area contributed by atoms with Gasteiger partial charge in [0.2, 0.25) is 6.34 Å². The van der Waals surface area contributed by atoms with Crippen LogP contribution in [0.15, 0.2) is 30.3 Å². The van der Waals surface area contributed by atoms with Crippen molar-refractivity contribution >= 4 is 17.7 Å². The van der Waals surface area contributed by atoms with Gasteiger partial charge in [0.25, 0.3) is 0 Å². The second-order valence-corrected chi connectivity index (χ2v) is 5.82. The fourth-order valence-corrected chi connectivity index (χ4v) is 3.23. The van der Waals surface area contributed by atoms with E-state index in [0.717, 1.165) is 5.69 Å². The molecule has 1 heterocycles. The molecule has 1 aliphatic rings. The minimum Gasteiger partial charge on any atom is -0.229 e. The minimum atomic E-state index is -0.532. The molecule has 0 aliphatic carbocycles. The summed E-state index contributed by atoms with van der Waals surface area (Å²) in [6, 6.07) is 8.22. The maximum Gasteiger partial charge on any atom is 0.244 e. The molecule has 2 nitrogen and oxygen atoms in total. The highest BCUT2D eigenvalue weighted by atomic mass is 19.1. The van der Waals surface area contributed by atoms with E-state index in [9.17, 15) is 8.78 Å². The molecule has 0 atom stereocenters. The van der Waals surface area contributed by atoms with E-state index in [1.807, 2.05) is 0 Å². The van der Waals surface area contributed by atoms with Crippen molar-refractivity contribution in [1.82, 2.24) is 0 Å². The zero-order valence-corrected chi connectivity index (χ0v) is 13.0. The smallest absolute Gasteiger partial charge is 0.229 e. The van der Waals surface area contributed by atoms with Gasteiger partial charge in [-0.05, 0) is 44.0 Å². The lowest BCUT2D eigenvalue weighted by atomic mass is 10.0. The molecule has 114 valence electrons. The fourth-order valence-electron chi connectivity index (χ4n) is 3.23. The zero-order chi connectivity index (χ0) is 15.9. The molecule has 0 bridgehead atoms. The number of halogens is 2. The Bertz CT molecular complexity index is 722. The lowest BCUT2D eigenvalue weighted by molar-refractivity contribution is -0.425. The molecule has 0 saturated carbocycles. The standard InChI is InChI=1S/C18H19F2N2/c1-12-9-13(2)17(14(3)10-12)21-7-8-22(11-21)18-15(19)5-4-6-16(18)20/h4-6,9-11H,7-8H2,1-3H3/q+1. The van der Waals surface area contributed by atoms with Crippen molar-refractivity contribution in [2.45, 2.75) is 20.8 Å². The summed E-state index contributed by atoms with van der Waals surface area (Å²) in [6.45, 7) is 7.46. The Hall–Kier alpha value is -2.23. The van der Waals surface area contributed by atoms with Gasteiger partial charge in [-0.3, -0.25) is 0 Å². The largest absolute Gasteiger partial charge is 0.244 e. The first kappa shape index (κ1) is 14.7. The topological polar surface area (TPSA) is 6.25 Å². The van der Waals surface area contributed by atoms with Crippen molar-refractivity contribution in [1.29, 1.82) is 0 Å². The van der Waals surface area contributed by atoms with Crippen molar-refractivity contribution in [3.63, 3.8) is 0 Å². The van der Waals surface area contributed by atoms with E-state index in [0.29, 0.717) is 13.1 Å². The number of para-hydroxylation sites is 1. The van der Waals surface area contributed by atoms with Crippen LogP contribution in [0, 0.1) is 32.4 Å². The van der Waals surface area contributed by atoms with Gasteiger partial charge in [-0.25, -0.2) is 18.3 Å². The molecule has 0 aromatic heterocycles. The highest BCUT2D eigenvalue weighted by Crippen LogP contribution is 2.28. The summed E-state index contributed by atoms with van der Waals surface area (Å²) >= 11 is 0. The molecule has 4 heteroatoms. The van der Waals surface area contributed by atoms with Crippen LogP contribution in [0.4, 0.5) is 20.2 Å². The SMILES string of the molecule is Cc1cc(C)c([N+]2=CN(c3c(F)cccc3F)CC2)c(C)c1. The maximum atomic E-state index is 13.9. The molecule has 2 aromatic rings. The van der Waals surface area contributed by atoms with Crippen LogP contribution in [0.3, 0.4) is 0 Å². The van der Waals surface area contributed by atoms with Crippen molar-refractivity contribution in [2.24, 2.45) is 0 Å². The Balaban J connectivity index is 2.03. The molecular formula is C18H19F2N2+. The first-order valence-corrected chi connectivity index (χ1v) is 7.37. The van der Waals surface area contributed by atoms with Gasteiger partial charge in [-0.1, -0.05) is 23.8 Å². The van der Waals surface area contributed by atoms with E-state index in [-0.39, 0.29) is 5.69 Å². The zero-order valence-electron chi connectivity index (χ0n) is 13.0. The van der Waals surface area contributed by atoms with Gasteiger partial charge in [-0.15, -0.1) is 0 Å². The monoisotopic (exact) mass is 301 g/mol. The predicted molar refractivity (Wildman–Crippen MR) is 85.2 cm³/mol. The molecule has 0 saturated heterocycles. The number of aryl methyl sites for hydroxylation is 3. The molecule has 0 spiro atoms. The lowest BCUT2D eigenvalue weighted by Gasteiger charge is -2.09. The first-order valence-electron chi connectivity index (χ1n) is 7.37. The second-order valence-electron chi connectivity index (χ2n) is 5.82. The number of anilines is 1. The molecule has 2 aromatic carbocycles. The summed E-state index contributed by atoms with van der Waals surface area (Å²) in [4.78, 5) is 1.64. The van der Waals surface area contributed by atoms with Crippen molar-refractivity contribution in [3.05, 3.63) is 58.7 Å². The summed E-state index contributed by atoms with van der Waals surface area (Å²) in [5.41, 5.74) is 4.70. The van der Waals surface area contributed by atoms with Crippen LogP contribution in [-0.2, 0) is 0 Å². The Morgan fingerprint density at radius 2 is 1.59 bits per heavy atom. The molecule has 0 fully saturated rings. The molecular weight excluding hydrogens is 282 g/mol. The van der Waals surface area contributed by atoms with E-state index >= 15 is 0 Å². The lowest BCUT2D eigenvalue weighted by Crippen LogP contribution is -2.20. The van der Waals surface area contributed by atoms with Crippen LogP contribution in [0.5, 0.6) is 0 Å². The second kappa shape index (κ2) is 5.52. The van der Waals surface area contributed by atoms with Gasteiger partial charge in [-0.2, -0.15) is 0 Å². The summed E-state index contributed by atoms with van der Waals surface area (Å²) in [6.07, 6.45) is 1.80. The molecule has 1 aliphatic heterocycles. The molecule has 0 unspecified atom stereocenters. The Labute approximate surface area is 129 Å². The van der Waals surface area contributed by atoms with Crippen LogP contribution in [0.25, 0.3) is 0 Å². The summed E-state index contributed by atoms with van der Waals surface area (Å²) in [5, 5.41) is 0. The molecule has 0 amide bonds. The molecule has 3 rings (SSSR count). The number of benzene rings is 2. The van der Waals surface area contributed by atoms with Crippen LogP contribution >= 0.6 is 0 Å². The third-order valence-corrected chi connectivity index (χ3v) is 4.01. The van der Waals surface area contributed by atoms with E-state index in [1.54, 1.807) is 11.2 Å². The van der Waals surface area contributed by atoms with Gasteiger partial charge in [0, 0.05) is 0 Å².